The summed E-state index contributed by atoms with van der Waals surface area (Å²) in [7, 11) is 0. The molecule has 0 heterocycles. The Bertz CT molecular complexity index is 564. The monoisotopic (exact) mass is 382 g/mol. The van der Waals surface area contributed by atoms with E-state index in [0.717, 1.165) is 28.2 Å². The second-order valence-electron chi connectivity index (χ2n) is 6.39. The van der Waals surface area contributed by atoms with Crippen molar-refractivity contribution in [3.8, 4) is 0 Å². The van der Waals surface area contributed by atoms with Crippen molar-refractivity contribution in [2.45, 2.75) is 46.6 Å². The van der Waals surface area contributed by atoms with Crippen molar-refractivity contribution in [1.82, 2.24) is 10.6 Å². The number of guanidine groups is 1. The van der Waals surface area contributed by atoms with Crippen LogP contribution in [0.5, 0.6) is 0 Å². The lowest BCUT2D eigenvalue weighted by molar-refractivity contribution is -0.116. The highest BCUT2D eigenvalue weighted by atomic mass is 79.9. The molecule has 3 N–H and O–H groups in total. The molecule has 0 aliphatic rings. The first kappa shape index (κ1) is 19.5. The smallest absolute Gasteiger partial charge is 0.226 e. The maximum absolute atomic E-state index is 12.1. The molecule has 0 saturated heterocycles. The van der Waals surface area contributed by atoms with Gasteiger partial charge in [-0.3, -0.25) is 9.79 Å². The highest BCUT2D eigenvalue weighted by molar-refractivity contribution is 9.10. The fourth-order valence-electron chi connectivity index (χ4n) is 1.87. The van der Waals surface area contributed by atoms with Crippen LogP contribution in [-0.4, -0.2) is 30.5 Å². The van der Waals surface area contributed by atoms with Crippen LogP contribution in [0.2, 0.25) is 0 Å². The van der Waals surface area contributed by atoms with E-state index in [1.54, 1.807) is 0 Å². The van der Waals surface area contributed by atoms with Crippen LogP contribution in [0.25, 0.3) is 0 Å². The van der Waals surface area contributed by atoms with E-state index in [0.29, 0.717) is 13.0 Å². The van der Waals surface area contributed by atoms with Gasteiger partial charge in [-0.05, 0) is 52.3 Å². The Hall–Kier alpha value is -1.56. The summed E-state index contributed by atoms with van der Waals surface area (Å²) in [5.41, 5.74) is 1.79. The van der Waals surface area contributed by atoms with Gasteiger partial charge in [0.25, 0.3) is 0 Å². The summed E-state index contributed by atoms with van der Waals surface area (Å²) in [4.78, 5) is 16.5. The molecule has 1 aromatic rings. The quantitative estimate of drug-likeness (QED) is 0.539. The van der Waals surface area contributed by atoms with Gasteiger partial charge in [-0.25, -0.2) is 0 Å². The van der Waals surface area contributed by atoms with Gasteiger partial charge in [0.15, 0.2) is 5.96 Å². The number of carbonyl (C=O) groups is 1. The van der Waals surface area contributed by atoms with E-state index in [1.807, 2.05) is 32.0 Å². The second-order valence-corrected chi connectivity index (χ2v) is 7.31. The van der Waals surface area contributed by atoms with Gasteiger partial charge in [-0.15, -0.1) is 0 Å². The van der Waals surface area contributed by atoms with E-state index < -0.39 is 0 Å². The number of rotatable bonds is 5. The molecule has 0 unspecified atom stereocenters. The Balaban J connectivity index is 2.57. The molecule has 0 saturated carbocycles. The van der Waals surface area contributed by atoms with E-state index in [4.69, 9.17) is 0 Å². The van der Waals surface area contributed by atoms with Crippen LogP contribution in [0.3, 0.4) is 0 Å². The van der Waals surface area contributed by atoms with Gasteiger partial charge in [-0.2, -0.15) is 0 Å². The van der Waals surface area contributed by atoms with Crippen LogP contribution in [0.4, 0.5) is 5.69 Å². The van der Waals surface area contributed by atoms with Gasteiger partial charge in [0, 0.05) is 28.7 Å². The normalized spacial score (nSPS) is 12.0. The van der Waals surface area contributed by atoms with Crippen molar-refractivity contribution >= 4 is 33.5 Å². The van der Waals surface area contributed by atoms with Crippen molar-refractivity contribution in [3.63, 3.8) is 0 Å². The minimum atomic E-state index is -0.0727. The lowest BCUT2D eigenvalue weighted by Gasteiger charge is -2.23. The molecule has 5 nitrogen and oxygen atoms in total. The second kappa shape index (κ2) is 8.91. The van der Waals surface area contributed by atoms with Crippen molar-refractivity contribution in [2.24, 2.45) is 4.99 Å². The zero-order valence-corrected chi connectivity index (χ0v) is 16.2. The van der Waals surface area contributed by atoms with E-state index in [2.05, 4.69) is 57.6 Å². The Morgan fingerprint density at radius 2 is 2.00 bits per heavy atom. The van der Waals surface area contributed by atoms with Gasteiger partial charge < -0.3 is 16.0 Å². The molecular weight excluding hydrogens is 356 g/mol. The lowest BCUT2D eigenvalue weighted by Crippen LogP contribution is -2.47. The first-order valence-corrected chi connectivity index (χ1v) is 8.63. The number of amides is 1. The molecule has 0 spiro atoms. The van der Waals surface area contributed by atoms with Crippen molar-refractivity contribution in [3.05, 3.63) is 28.2 Å². The van der Waals surface area contributed by atoms with Crippen molar-refractivity contribution in [1.29, 1.82) is 0 Å². The van der Waals surface area contributed by atoms with Gasteiger partial charge in [0.2, 0.25) is 5.91 Å². The maximum atomic E-state index is 12.1. The Morgan fingerprint density at radius 3 is 2.61 bits per heavy atom. The number of carbonyl (C=O) groups excluding carboxylic acids is 1. The van der Waals surface area contributed by atoms with Gasteiger partial charge in [0.1, 0.15) is 0 Å². The van der Waals surface area contributed by atoms with Crippen LogP contribution in [-0.2, 0) is 4.79 Å². The molecule has 0 aromatic heterocycles. The zero-order chi connectivity index (χ0) is 17.5. The fourth-order valence-corrected chi connectivity index (χ4v) is 2.23. The van der Waals surface area contributed by atoms with Crippen molar-refractivity contribution < 1.29 is 4.79 Å². The maximum Gasteiger partial charge on any atom is 0.226 e. The first-order chi connectivity index (χ1) is 10.7. The van der Waals surface area contributed by atoms with Crippen molar-refractivity contribution in [2.75, 3.05) is 18.4 Å². The third-order valence-electron chi connectivity index (χ3n) is 2.92. The molecule has 0 radical (unpaired) electrons. The molecule has 1 rings (SSSR count). The topological polar surface area (TPSA) is 65.5 Å². The molecule has 0 atom stereocenters. The number of halogens is 1. The molecule has 6 heteroatoms. The van der Waals surface area contributed by atoms with Crippen LogP contribution >= 0.6 is 15.9 Å². The summed E-state index contributed by atoms with van der Waals surface area (Å²) >= 11 is 3.41. The molecule has 1 aromatic carbocycles. The predicted molar refractivity (Wildman–Crippen MR) is 101 cm³/mol. The third kappa shape index (κ3) is 8.02. The average molecular weight is 383 g/mol. The minimum Gasteiger partial charge on any atom is -0.357 e. The molecule has 0 bridgehead atoms. The summed E-state index contributed by atoms with van der Waals surface area (Å²) in [6.45, 7) is 11.4. The van der Waals surface area contributed by atoms with E-state index >= 15 is 0 Å². The standard InChI is InChI=1S/C17H27BrN4O/c1-6-19-16(22-17(3,4)5)20-10-9-15(23)21-14-11-13(18)8-7-12(14)2/h7-8,11H,6,9-10H2,1-5H3,(H,21,23)(H2,19,20,22). The molecule has 23 heavy (non-hydrogen) atoms. The van der Waals surface area contributed by atoms with Gasteiger partial charge >= 0.3 is 0 Å². The molecule has 0 aliphatic carbocycles. The molecule has 0 fully saturated rings. The highest BCUT2D eigenvalue weighted by Crippen LogP contribution is 2.20. The predicted octanol–water partition coefficient (Wildman–Crippen LogP) is 3.44. The molecule has 1 amide bonds. The van der Waals surface area contributed by atoms with Crippen LogP contribution < -0.4 is 16.0 Å². The number of aliphatic imine (C=N–C) groups is 1. The number of anilines is 1. The summed E-state index contributed by atoms with van der Waals surface area (Å²) in [6, 6.07) is 5.83. The number of nitrogens with one attached hydrogen (secondary N) is 3. The number of hydrogen-bond donors (Lipinski definition) is 3. The lowest BCUT2D eigenvalue weighted by atomic mass is 10.1. The third-order valence-corrected chi connectivity index (χ3v) is 3.41. The first-order valence-electron chi connectivity index (χ1n) is 7.84. The molecule has 128 valence electrons. The van der Waals surface area contributed by atoms with E-state index in [-0.39, 0.29) is 11.4 Å². The Kier molecular flexibility index (Phi) is 7.55. The minimum absolute atomic E-state index is 0.0402. The van der Waals surface area contributed by atoms with Crippen LogP contribution in [0, 0.1) is 6.92 Å². The number of aryl methyl sites for hydroxylation is 1. The zero-order valence-electron chi connectivity index (χ0n) is 14.6. The Labute approximate surface area is 147 Å². The number of hydrogen-bond acceptors (Lipinski definition) is 2. The fraction of sp³-hybridized carbons (Fsp3) is 0.529. The summed E-state index contributed by atoms with van der Waals surface area (Å²) in [6.07, 6.45) is 0.340. The average Bonchev–Trinajstić information content (AvgIpc) is 2.41. The SMILES string of the molecule is CCNC(=NCCC(=O)Nc1cc(Br)ccc1C)NC(C)(C)C. The number of benzene rings is 1. The van der Waals surface area contributed by atoms with Gasteiger partial charge in [0.05, 0.1) is 6.54 Å². The number of nitrogens with zero attached hydrogens (tertiary/aromatic N) is 1. The summed E-state index contributed by atoms with van der Waals surface area (Å²) in [5.74, 6) is 0.688. The van der Waals surface area contributed by atoms with Crippen LogP contribution in [0.1, 0.15) is 39.7 Å². The summed E-state index contributed by atoms with van der Waals surface area (Å²) < 4.78 is 0.945. The summed E-state index contributed by atoms with van der Waals surface area (Å²) in [5, 5.41) is 9.40. The van der Waals surface area contributed by atoms with Crippen LogP contribution in [0.15, 0.2) is 27.7 Å². The molecular formula is C17H27BrN4O. The van der Waals surface area contributed by atoms with Gasteiger partial charge in [-0.1, -0.05) is 22.0 Å². The largest absolute Gasteiger partial charge is 0.357 e. The van der Waals surface area contributed by atoms with E-state index in [1.165, 1.54) is 0 Å². The highest BCUT2D eigenvalue weighted by Gasteiger charge is 2.12. The molecule has 0 aliphatic heterocycles. The Morgan fingerprint density at radius 1 is 1.30 bits per heavy atom. The van der Waals surface area contributed by atoms with E-state index in [9.17, 15) is 4.79 Å².